The van der Waals surface area contributed by atoms with Gasteiger partial charge in [0.2, 0.25) is 5.91 Å². The van der Waals surface area contributed by atoms with E-state index in [-0.39, 0.29) is 50.2 Å². The molecule has 0 saturated carbocycles. The third-order valence-electron chi connectivity index (χ3n) is 8.34. The van der Waals surface area contributed by atoms with E-state index >= 15 is 0 Å². The molecule has 11 nitrogen and oxygen atoms in total. The fourth-order valence-corrected chi connectivity index (χ4v) is 7.64. The standard InChI is InChI=1S/C35H36N4O7S2/c1-21-29(20-47-35-38-37-22(2)48-35)45-33(46-31(21)26-12-10-24(18-40)11-13-26)27-14-8-23(9-15-27)17-39-30(41)16-28(32(39)42)36-34(43)44-19-25-6-4-3-5-7-25/h3-15,21,28-29,31,33,40H,16-20H2,1-2H3,(H,36,43)/t21-,28?,29+,31+,33+/m1/s1. The molecule has 0 aliphatic carbocycles. The Labute approximate surface area is 286 Å². The number of carbonyl (C=O) groups is 3. The second-order valence-corrected chi connectivity index (χ2v) is 14.2. The predicted molar refractivity (Wildman–Crippen MR) is 179 cm³/mol. The highest BCUT2D eigenvalue weighted by atomic mass is 32.2. The van der Waals surface area contributed by atoms with Crippen LogP contribution < -0.4 is 5.32 Å². The van der Waals surface area contributed by atoms with E-state index in [1.54, 1.807) is 23.1 Å². The number of nitrogens with zero attached hydrogens (tertiary/aromatic N) is 3. The molecule has 13 heteroatoms. The van der Waals surface area contributed by atoms with Crippen molar-refractivity contribution >= 4 is 41.0 Å². The van der Waals surface area contributed by atoms with Gasteiger partial charge in [0.15, 0.2) is 10.6 Å². The zero-order valence-corrected chi connectivity index (χ0v) is 28.1. The number of aliphatic hydroxyl groups excluding tert-OH is 1. The van der Waals surface area contributed by atoms with Crippen molar-refractivity contribution in [1.82, 2.24) is 20.4 Å². The van der Waals surface area contributed by atoms with E-state index in [2.05, 4.69) is 22.4 Å². The molecule has 48 heavy (non-hydrogen) atoms. The molecule has 5 atom stereocenters. The Balaban J connectivity index is 1.10. The van der Waals surface area contributed by atoms with Crippen LogP contribution in [0.25, 0.3) is 0 Å². The van der Waals surface area contributed by atoms with Crippen molar-refractivity contribution < 1.29 is 33.7 Å². The molecule has 0 bridgehead atoms. The summed E-state index contributed by atoms with van der Waals surface area (Å²) in [5.74, 6) is -0.167. The van der Waals surface area contributed by atoms with Crippen LogP contribution in [0.1, 0.15) is 58.6 Å². The van der Waals surface area contributed by atoms with Gasteiger partial charge in [-0.3, -0.25) is 14.5 Å². The Bertz CT molecular complexity index is 1720. The summed E-state index contributed by atoms with van der Waals surface area (Å²) >= 11 is 3.15. The van der Waals surface area contributed by atoms with Gasteiger partial charge in [-0.15, -0.1) is 10.2 Å². The third-order valence-corrected chi connectivity index (χ3v) is 10.4. The number of carbonyl (C=O) groups excluding carboxylic acids is 3. The summed E-state index contributed by atoms with van der Waals surface area (Å²) in [6, 6.07) is 23.4. The van der Waals surface area contributed by atoms with Crippen molar-refractivity contribution in [3.8, 4) is 0 Å². The number of thioether (sulfide) groups is 1. The van der Waals surface area contributed by atoms with E-state index in [1.165, 1.54) is 0 Å². The van der Waals surface area contributed by atoms with Crippen LogP contribution >= 0.6 is 23.1 Å². The number of aryl methyl sites for hydroxylation is 1. The molecule has 2 aliphatic heterocycles. The number of hydrogen-bond donors (Lipinski definition) is 2. The fourth-order valence-electron chi connectivity index (χ4n) is 5.63. The number of rotatable bonds is 11. The van der Waals surface area contributed by atoms with Crippen LogP contribution in [0.15, 0.2) is 83.2 Å². The molecule has 1 unspecified atom stereocenters. The van der Waals surface area contributed by atoms with E-state index in [0.717, 1.165) is 42.1 Å². The van der Waals surface area contributed by atoms with E-state index < -0.39 is 24.3 Å². The number of aliphatic hydroxyl groups is 1. The molecule has 2 saturated heterocycles. The number of aromatic nitrogens is 2. The van der Waals surface area contributed by atoms with Gasteiger partial charge in [0.25, 0.3) is 5.91 Å². The maximum atomic E-state index is 13.1. The van der Waals surface area contributed by atoms with Crippen LogP contribution in [0.5, 0.6) is 0 Å². The lowest BCUT2D eigenvalue weighted by atomic mass is 9.91. The summed E-state index contributed by atoms with van der Waals surface area (Å²) in [6.45, 7) is 4.13. The number of hydrogen-bond acceptors (Lipinski definition) is 11. The van der Waals surface area contributed by atoms with Gasteiger partial charge < -0.3 is 24.6 Å². The molecule has 4 aromatic rings. The normalized spacial score (nSPS) is 22.6. The molecule has 2 fully saturated rings. The SMILES string of the molecule is Cc1nnc(SC[C@@H]2O[C@H](c3ccc(CN4C(=O)CC(NC(=O)OCc5ccccc5)C4=O)cc3)O[C@H](c3ccc(CO)cc3)[C@@H]2C)s1. The van der Waals surface area contributed by atoms with Gasteiger partial charge in [-0.1, -0.05) is 109 Å². The summed E-state index contributed by atoms with van der Waals surface area (Å²) in [5.41, 5.74) is 4.17. The second kappa shape index (κ2) is 15.4. The van der Waals surface area contributed by atoms with Crippen molar-refractivity contribution in [2.45, 2.75) is 68.9 Å². The van der Waals surface area contributed by atoms with Gasteiger partial charge in [-0.2, -0.15) is 0 Å². The number of ether oxygens (including phenoxy) is 3. The molecule has 6 rings (SSSR count). The van der Waals surface area contributed by atoms with E-state index in [0.29, 0.717) is 5.75 Å². The number of nitrogens with one attached hydrogen (secondary N) is 1. The lowest BCUT2D eigenvalue weighted by molar-refractivity contribution is -0.268. The monoisotopic (exact) mass is 688 g/mol. The van der Waals surface area contributed by atoms with E-state index in [4.69, 9.17) is 14.2 Å². The highest BCUT2D eigenvalue weighted by Crippen LogP contribution is 2.43. The van der Waals surface area contributed by atoms with Crippen molar-refractivity contribution in [3.63, 3.8) is 0 Å². The molecule has 250 valence electrons. The first-order valence-corrected chi connectivity index (χ1v) is 17.4. The second-order valence-electron chi connectivity index (χ2n) is 11.7. The predicted octanol–water partition coefficient (Wildman–Crippen LogP) is 5.48. The van der Waals surface area contributed by atoms with Crippen molar-refractivity contribution in [3.05, 3.63) is 112 Å². The Hall–Kier alpha value is -4.14. The van der Waals surface area contributed by atoms with Gasteiger partial charge in [0, 0.05) is 17.2 Å². The summed E-state index contributed by atoms with van der Waals surface area (Å²) in [6.07, 6.45) is -1.97. The molecule has 3 aromatic carbocycles. The quantitative estimate of drug-likeness (QED) is 0.154. The van der Waals surface area contributed by atoms with Crippen LogP contribution in [0.4, 0.5) is 4.79 Å². The number of likely N-dealkylation sites (tertiary alicyclic amines) is 1. The van der Waals surface area contributed by atoms with Crippen molar-refractivity contribution in [2.75, 3.05) is 5.75 Å². The first-order chi connectivity index (χ1) is 23.3. The Kier molecular flexibility index (Phi) is 10.8. The van der Waals surface area contributed by atoms with Crippen LogP contribution in [0.3, 0.4) is 0 Å². The number of amides is 3. The minimum Gasteiger partial charge on any atom is -0.445 e. The maximum absolute atomic E-state index is 13.1. The van der Waals surface area contributed by atoms with Gasteiger partial charge in [-0.05, 0) is 29.2 Å². The van der Waals surface area contributed by atoms with Crippen LogP contribution in [-0.4, -0.2) is 56.0 Å². The highest BCUT2D eigenvalue weighted by molar-refractivity contribution is 8.01. The molecule has 1 aromatic heterocycles. The number of alkyl carbamates (subject to hydrolysis) is 1. The lowest BCUT2D eigenvalue weighted by Crippen LogP contribution is -2.41. The highest BCUT2D eigenvalue weighted by Gasteiger charge is 2.40. The smallest absolute Gasteiger partial charge is 0.408 e. The van der Waals surface area contributed by atoms with Crippen LogP contribution in [0, 0.1) is 12.8 Å². The Morgan fingerprint density at radius 3 is 2.38 bits per heavy atom. The summed E-state index contributed by atoms with van der Waals surface area (Å²) < 4.78 is 19.2. The molecule has 2 aliphatic rings. The molecule has 2 N–H and O–H groups in total. The Morgan fingerprint density at radius 2 is 1.69 bits per heavy atom. The Morgan fingerprint density at radius 1 is 0.979 bits per heavy atom. The number of benzene rings is 3. The van der Waals surface area contributed by atoms with E-state index in [9.17, 15) is 19.5 Å². The fraction of sp³-hybridized carbons (Fsp3) is 0.343. The topological polar surface area (TPSA) is 140 Å². The van der Waals surface area contributed by atoms with Gasteiger partial charge in [0.05, 0.1) is 31.8 Å². The third kappa shape index (κ3) is 8.10. The largest absolute Gasteiger partial charge is 0.445 e. The lowest BCUT2D eigenvalue weighted by Gasteiger charge is -2.41. The molecule has 3 amide bonds. The van der Waals surface area contributed by atoms with Gasteiger partial charge >= 0.3 is 6.09 Å². The molecule has 0 radical (unpaired) electrons. The van der Waals surface area contributed by atoms with Gasteiger partial charge in [-0.25, -0.2) is 4.79 Å². The van der Waals surface area contributed by atoms with Gasteiger partial charge in [0.1, 0.15) is 17.7 Å². The summed E-state index contributed by atoms with van der Waals surface area (Å²) in [5, 5.41) is 21.3. The molecular weight excluding hydrogens is 653 g/mol. The van der Waals surface area contributed by atoms with Crippen molar-refractivity contribution in [2.24, 2.45) is 5.92 Å². The zero-order chi connectivity index (χ0) is 33.6. The van der Waals surface area contributed by atoms with Crippen molar-refractivity contribution in [1.29, 1.82) is 0 Å². The van der Waals surface area contributed by atoms with Crippen LogP contribution in [-0.2, 0) is 43.6 Å². The maximum Gasteiger partial charge on any atom is 0.408 e. The average molecular weight is 689 g/mol. The molecular formula is C35H36N4O7S2. The average Bonchev–Trinajstić information content (AvgIpc) is 3.64. The molecule has 0 spiro atoms. The molecule has 3 heterocycles. The minimum absolute atomic E-state index is 0.0198. The first kappa shape index (κ1) is 33.7. The van der Waals surface area contributed by atoms with E-state index in [1.807, 2.05) is 85.8 Å². The summed E-state index contributed by atoms with van der Waals surface area (Å²) in [7, 11) is 0. The zero-order valence-electron chi connectivity index (χ0n) is 26.5. The number of imide groups is 1. The summed E-state index contributed by atoms with van der Waals surface area (Å²) in [4.78, 5) is 39.3. The minimum atomic E-state index is -0.978. The van der Waals surface area contributed by atoms with Crippen LogP contribution in [0.2, 0.25) is 0 Å². The first-order valence-electron chi connectivity index (χ1n) is 15.6.